The van der Waals surface area contributed by atoms with Gasteiger partial charge in [-0.05, 0) is 51.0 Å². The number of ether oxygens (including phenoxy) is 1. The first-order chi connectivity index (χ1) is 12.4. The minimum atomic E-state index is -0.897. The second-order valence-corrected chi connectivity index (χ2v) is 6.84. The summed E-state index contributed by atoms with van der Waals surface area (Å²) in [6.07, 6.45) is 3.28. The molecule has 0 aliphatic heterocycles. The highest BCUT2D eigenvalue weighted by Gasteiger charge is 2.25. The number of nitrogens with zero attached hydrogens (tertiary/aromatic N) is 3. The van der Waals surface area contributed by atoms with Crippen molar-refractivity contribution in [1.82, 2.24) is 20.1 Å². The van der Waals surface area contributed by atoms with Gasteiger partial charge in [0, 0.05) is 11.1 Å². The Morgan fingerprint density at radius 3 is 2.58 bits per heavy atom. The van der Waals surface area contributed by atoms with Crippen molar-refractivity contribution in [2.45, 2.75) is 51.7 Å². The summed E-state index contributed by atoms with van der Waals surface area (Å²) in [5, 5.41) is 7.69. The Hall–Kier alpha value is -2.41. The van der Waals surface area contributed by atoms with Gasteiger partial charge in [-0.25, -0.2) is 14.5 Å². The van der Waals surface area contributed by atoms with E-state index in [0.29, 0.717) is 10.8 Å². The zero-order valence-electron chi connectivity index (χ0n) is 14.7. The van der Waals surface area contributed by atoms with Crippen LogP contribution in [-0.4, -0.2) is 38.8 Å². The minimum absolute atomic E-state index is 0.0852. The fraction of sp³-hybridized carbons (Fsp3) is 0.444. The molecule has 1 aliphatic rings. The maximum atomic E-state index is 12.3. The monoisotopic (exact) mass is 376 g/mol. The third-order valence-corrected chi connectivity index (χ3v) is 4.63. The van der Waals surface area contributed by atoms with E-state index in [2.05, 4.69) is 15.4 Å². The molecule has 0 spiro atoms. The summed E-state index contributed by atoms with van der Waals surface area (Å²) in [5.74, 6) is -0.575. The van der Waals surface area contributed by atoms with E-state index < -0.39 is 12.1 Å². The number of nitrogens with one attached hydrogen (secondary N) is 1. The van der Waals surface area contributed by atoms with Crippen LogP contribution >= 0.6 is 11.6 Å². The van der Waals surface area contributed by atoms with E-state index in [9.17, 15) is 9.59 Å². The molecule has 138 valence electrons. The third-order valence-electron chi connectivity index (χ3n) is 4.38. The first-order valence-corrected chi connectivity index (χ1v) is 9.03. The zero-order valence-corrected chi connectivity index (χ0v) is 15.5. The molecule has 8 heteroatoms. The SMILES string of the molecule is Cc1nc(C(=O)OC(C)C(=O)NC2CCCC2)nn1-c1ccc(Cl)cc1. The van der Waals surface area contributed by atoms with Crippen molar-refractivity contribution < 1.29 is 14.3 Å². The van der Waals surface area contributed by atoms with Gasteiger partial charge < -0.3 is 10.1 Å². The van der Waals surface area contributed by atoms with Crippen LogP contribution in [0, 0.1) is 6.92 Å². The summed E-state index contributed by atoms with van der Waals surface area (Å²) in [7, 11) is 0. The van der Waals surface area contributed by atoms with Gasteiger partial charge in [-0.3, -0.25) is 4.79 Å². The number of carbonyl (C=O) groups is 2. The number of halogens is 1. The van der Waals surface area contributed by atoms with Crippen molar-refractivity contribution in [3.05, 3.63) is 40.9 Å². The second kappa shape index (κ2) is 7.86. The average molecular weight is 377 g/mol. The highest BCUT2D eigenvalue weighted by atomic mass is 35.5. The van der Waals surface area contributed by atoms with E-state index >= 15 is 0 Å². The standard InChI is InChI=1S/C18H21ClN4O3/c1-11(17(24)21-14-5-3-4-6-14)26-18(25)16-20-12(2)23(22-16)15-9-7-13(19)8-10-15/h7-11,14H,3-6H2,1-2H3,(H,21,24). The molecule has 1 saturated carbocycles. The molecule has 0 saturated heterocycles. The van der Waals surface area contributed by atoms with Gasteiger partial charge >= 0.3 is 5.97 Å². The topological polar surface area (TPSA) is 86.1 Å². The summed E-state index contributed by atoms with van der Waals surface area (Å²) in [6, 6.07) is 7.18. The molecule has 1 atom stereocenters. The summed E-state index contributed by atoms with van der Waals surface area (Å²) in [5.41, 5.74) is 0.727. The highest BCUT2D eigenvalue weighted by Crippen LogP contribution is 2.18. The second-order valence-electron chi connectivity index (χ2n) is 6.41. The summed E-state index contributed by atoms with van der Waals surface area (Å²) in [4.78, 5) is 28.6. The van der Waals surface area contributed by atoms with Crippen molar-refractivity contribution in [2.24, 2.45) is 0 Å². The fourth-order valence-corrected chi connectivity index (χ4v) is 3.08. The van der Waals surface area contributed by atoms with E-state index in [1.807, 2.05) is 0 Å². The molecular formula is C18H21ClN4O3. The van der Waals surface area contributed by atoms with Crippen LogP contribution in [0.2, 0.25) is 5.02 Å². The Morgan fingerprint density at radius 2 is 1.92 bits per heavy atom. The van der Waals surface area contributed by atoms with Crippen LogP contribution in [0.3, 0.4) is 0 Å². The summed E-state index contributed by atoms with van der Waals surface area (Å²) in [6.45, 7) is 3.28. The molecule has 0 bridgehead atoms. The first kappa shape index (κ1) is 18.4. The number of amides is 1. The van der Waals surface area contributed by atoms with Crippen LogP contribution in [-0.2, 0) is 9.53 Å². The van der Waals surface area contributed by atoms with Gasteiger partial charge in [0.1, 0.15) is 5.82 Å². The van der Waals surface area contributed by atoms with Gasteiger partial charge in [-0.2, -0.15) is 0 Å². The number of hydrogen-bond donors (Lipinski definition) is 1. The van der Waals surface area contributed by atoms with Crippen molar-refractivity contribution in [1.29, 1.82) is 0 Å². The van der Waals surface area contributed by atoms with Crippen molar-refractivity contribution in [3.63, 3.8) is 0 Å². The lowest BCUT2D eigenvalue weighted by atomic mass is 10.2. The molecule has 1 aromatic heterocycles. The molecule has 1 aliphatic carbocycles. The lowest BCUT2D eigenvalue weighted by molar-refractivity contribution is -0.129. The van der Waals surface area contributed by atoms with E-state index in [1.165, 1.54) is 4.68 Å². The maximum Gasteiger partial charge on any atom is 0.379 e. The molecule has 1 fully saturated rings. The molecule has 1 unspecified atom stereocenters. The molecule has 0 radical (unpaired) electrons. The minimum Gasteiger partial charge on any atom is -0.447 e. The van der Waals surface area contributed by atoms with Crippen LogP contribution in [0.5, 0.6) is 0 Å². The zero-order chi connectivity index (χ0) is 18.7. The lowest BCUT2D eigenvalue weighted by Gasteiger charge is -2.16. The van der Waals surface area contributed by atoms with Gasteiger partial charge in [0.2, 0.25) is 0 Å². The Labute approximate surface area is 156 Å². The molecule has 1 heterocycles. The van der Waals surface area contributed by atoms with Gasteiger partial charge in [0.05, 0.1) is 5.69 Å². The highest BCUT2D eigenvalue weighted by molar-refractivity contribution is 6.30. The normalized spacial score (nSPS) is 15.7. The van der Waals surface area contributed by atoms with Crippen LogP contribution in [0.1, 0.15) is 49.1 Å². The Balaban J connectivity index is 1.65. The van der Waals surface area contributed by atoms with Gasteiger partial charge in [-0.1, -0.05) is 24.4 Å². The van der Waals surface area contributed by atoms with E-state index in [4.69, 9.17) is 16.3 Å². The number of esters is 1. The summed E-state index contributed by atoms with van der Waals surface area (Å²) < 4.78 is 6.75. The molecule has 1 N–H and O–H groups in total. The Morgan fingerprint density at radius 1 is 1.27 bits per heavy atom. The predicted molar refractivity (Wildman–Crippen MR) is 96.4 cm³/mol. The molecule has 1 amide bonds. The van der Waals surface area contributed by atoms with Gasteiger partial charge in [-0.15, -0.1) is 5.10 Å². The summed E-state index contributed by atoms with van der Waals surface area (Å²) >= 11 is 5.88. The van der Waals surface area contributed by atoms with Crippen molar-refractivity contribution in [2.75, 3.05) is 0 Å². The largest absolute Gasteiger partial charge is 0.447 e. The number of aryl methyl sites for hydroxylation is 1. The Bertz CT molecular complexity index is 797. The predicted octanol–water partition coefficient (Wildman–Crippen LogP) is 2.83. The van der Waals surface area contributed by atoms with E-state index in [-0.39, 0.29) is 17.8 Å². The van der Waals surface area contributed by atoms with Crippen LogP contribution in [0.25, 0.3) is 5.69 Å². The molecule has 1 aromatic carbocycles. The van der Waals surface area contributed by atoms with Crippen LogP contribution in [0.4, 0.5) is 0 Å². The average Bonchev–Trinajstić information content (AvgIpc) is 3.25. The smallest absolute Gasteiger partial charge is 0.379 e. The number of hydrogen-bond acceptors (Lipinski definition) is 5. The molecule has 7 nitrogen and oxygen atoms in total. The number of benzene rings is 1. The number of carbonyl (C=O) groups excluding carboxylic acids is 2. The van der Waals surface area contributed by atoms with Gasteiger partial charge in [0.15, 0.2) is 6.10 Å². The fourth-order valence-electron chi connectivity index (χ4n) is 2.96. The lowest BCUT2D eigenvalue weighted by Crippen LogP contribution is -2.41. The number of rotatable bonds is 5. The van der Waals surface area contributed by atoms with Crippen molar-refractivity contribution >= 4 is 23.5 Å². The van der Waals surface area contributed by atoms with Gasteiger partial charge in [0.25, 0.3) is 11.7 Å². The maximum absolute atomic E-state index is 12.3. The molecule has 3 rings (SSSR count). The third kappa shape index (κ3) is 4.22. The molecule has 2 aromatic rings. The molecular weight excluding hydrogens is 356 g/mol. The van der Waals surface area contributed by atoms with E-state index in [0.717, 1.165) is 31.4 Å². The quantitative estimate of drug-likeness (QED) is 0.811. The van der Waals surface area contributed by atoms with E-state index in [1.54, 1.807) is 38.1 Å². The van der Waals surface area contributed by atoms with Crippen LogP contribution < -0.4 is 5.32 Å². The Kier molecular flexibility index (Phi) is 5.56. The van der Waals surface area contributed by atoms with Crippen LogP contribution in [0.15, 0.2) is 24.3 Å². The molecule has 26 heavy (non-hydrogen) atoms. The van der Waals surface area contributed by atoms with Crippen molar-refractivity contribution in [3.8, 4) is 5.69 Å². The first-order valence-electron chi connectivity index (χ1n) is 8.65. The number of aromatic nitrogens is 3.